The van der Waals surface area contributed by atoms with Crippen LogP contribution in [-0.4, -0.2) is 73.5 Å². The normalized spacial score (nSPS) is 28.6. The molecule has 3 aromatic rings. The lowest BCUT2D eigenvalue weighted by molar-refractivity contribution is -0.150. The summed E-state index contributed by atoms with van der Waals surface area (Å²) in [5.74, 6) is -0.351. The van der Waals surface area contributed by atoms with Gasteiger partial charge >= 0.3 is 13.3 Å². The molecule has 5 heterocycles. The van der Waals surface area contributed by atoms with Gasteiger partial charge in [0.05, 0.1) is 4.88 Å². The van der Waals surface area contributed by atoms with E-state index in [0.717, 1.165) is 48.3 Å². The Labute approximate surface area is 262 Å². The van der Waals surface area contributed by atoms with Crippen LogP contribution in [0, 0.1) is 11.3 Å². The van der Waals surface area contributed by atoms with Crippen LogP contribution in [0.1, 0.15) is 65.7 Å². The van der Waals surface area contributed by atoms with E-state index in [1.54, 1.807) is 16.0 Å². The molecule has 3 N–H and O–H groups in total. The van der Waals surface area contributed by atoms with E-state index in [1.165, 1.54) is 12.1 Å². The number of carbonyl (C=O) groups is 3. The number of pyridine rings is 1. The Kier molecular flexibility index (Phi) is 7.20. The first-order valence-electron chi connectivity index (χ1n) is 15.1. The lowest BCUT2D eigenvalue weighted by Crippen LogP contribution is -2.60. The fraction of sp³-hybridized carbons (Fsp3) is 0.484. The Morgan fingerprint density at radius 2 is 1.93 bits per heavy atom. The number of rotatable bonds is 6. The Bertz CT molecular complexity index is 1740. The molecule has 3 aliphatic heterocycles. The molecule has 4 aliphatic rings. The number of fused-ring (bicyclic) bond motifs is 4. The maximum absolute atomic E-state index is 14.3. The molecule has 1 aliphatic carbocycles. The number of halogens is 2. The summed E-state index contributed by atoms with van der Waals surface area (Å²) < 4.78 is 40.4. The average Bonchev–Trinajstić information content (AvgIpc) is 3.30. The van der Waals surface area contributed by atoms with Gasteiger partial charge in [-0.15, -0.1) is 11.3 Å². The molecule has 0 unspecified atom stereocenters. The summed E-state index contributed by atoms with van der Waals surface area (Å²) in [5, 5.41) is 3.11. The number of nitrogens with zero attached hydrogens (tertiary/aromatic N) is 3. The summed E-state index contributed by atoms with van der Waals surface area (Å²) in [7, 11) is -5.75. The highest BCUT2D eigenvalue weighted by molar-refractivity contribution is 7.52. The van der Waals surface area contributed by atoms with E-state index in [9.17, 15) is 27.7 Å². The molecule has 7 rings (SSSR count). The number of likely N-dealkylation sites (tertiary alicyclic amines) is 1. The van der Waals surface area contributed by atoms with Crippen LogP contribution >= 0.6 is 18.9 Å². The van der Waals surface area contributed by atoms with Gasteiger partial charge in [-0.1, -0.05) is 19.1 Å². The van der Waals surface area contributed by atoms with Gasteiger partial charge in [0.1, 0.15) is 12.1 Å². The van der Waals surface area contributed by atoms with Crippen molar-refractivity contribution in [3.8, 4) is 0 Å². The van der Waals surface area contributed by atoms with Crippen LogP contribution in [0.3, 0.4) is 0 Å². The van der Waals surface area contributed by atoms with Gasteiger partial charge in [0.25, 0.3) is 5.91 Å². The van der Waals surface area contributed by atoms with Crippen LogP contribution in [0.4, 0.5) is 8.78 Å². The van der Waals surface area contributed by atoms with Crippen molar-refractivity contribution in [1.29, 1.82) is 0 Å². The van der Waals surface area contributed by atoms with E-state index in [1.807, 2.05) is 18.3 Å². The lowest BCUT2D eigenvalue weighted by Gasteiger charge is -2.43. The van der Waals surface area contributed by atoms with Crippen molar-refractivity contribution >= 4 is 46.7 Å². The van der Waals surface area contributed by atoms with Gasteiger partial charge < -0.3 is 24.9 Å². The number of aromatic nitrogens is 1. The highest BCUT2D eigenvalue weighted by Gasteiger charge is 2.61. The molecule has 2 aromatic heterocycles. The molecular formula is C31H33F2N4O6PS. The maximum Gasteiger partial charge on any atom is 0.399 e. The molecular weight excluding hydrogens is 625 g/mol. The Morgan fingerprint density at radius 1 is 1.16 bits per heavy atom. The molecule has 4 fully saturated rings. The van der Waals surface area contributed by atoms with Gasteiger partial charge in [-0.05, 0) is 78.7 Å². The van der Waals surface area contributed by atoms with E-state index in [0.29, 0.717) is 36.5 Å². The number of hydrogen-bond acceptors (Lipinski definition) is 6. The largest absolute Gasteiger partial charge is 0.399 e. The van der Waals surface area contributed by atoms with Crippen LogP contribution < -0.4 is 5.32 Å². The quantitative estimate of drug-likeness (QED) is 0.333. The Balaban J connectivity index is 1.09. The standard InChI is InChI=1S/C31H33F2N4O6PS/c1-30-9-8-22(35-27(38)26-12-18-11-20(4-7-25(18)45-26)31(32,33)44(41,42)43)28(39)37-23(21(30)13-30)5-6-24(37)29(40)36-15-19(16-36)17-3-2-10-34-14-17/h2-4,7,10-12,14,19,21-24H,5-6,8-9,13,15-16H2,1H3,(H,35,38)(H2,41,42,43)/t21-,22+,23-,24+,30-/m1/s1. The number of nitrogens with one attached hydrogen (secondary N) is 1. The van der Waals surface area contributed by atoms with Crippen LogP contribution in [0.5, 0.6) is 0 Å². The number of thiophene rings is 1. The summed E-state index contributed by atoms with van der Waals surface area (Å²) in [6, 6.07) is 6.96. The van der Waals surface area contributed by atoms with Gasteiger partial charge in [-0.3, -0.25) is 23.9 Å². The minimum absolute atomic E-state index is 0.0325. The molecule has 14 heteroatoms. The molecule has 5 atom stereocenters. The summed E-state index contributed by atoms with van der Waals surface area (Å²) in [6.07, 6.45) is 6.98. The van der Waals surface area contributed by atoms with Gasteiger partial charge in [0.2, 0.25) is 11.8 Å². The van der Waals surface area contributed by atoms with Crippen molar-refractivity contribution in [3.05, 3.63) is 64.8 Å². The minimum atomic E-state index is -5.75. The zero-order chi connectivity index (χ0) is 31.9. The topological polar surface area (TPSA) is 140 Å². The second kappa shape index (κ2) is 10.7. The highest BCUT2D eigenvalue weighted by atomic mass is 32.1. The summed E-state index contributed by atoms with van der Waals surface area (Å²) in [4.78, 5) is 67.5. The van der Waals surface area contributed by atoms with E-state index in [4.69, 9.17) is 9.79 Å². The predicted octanol–water partition coefficient (Wildman–Crippen LogP) is 4.43. The fourth-order valence-corrected chi connectivity index (χ4v) is 8.89. The first-order chi connectivity index (χ1) is 21.3. The predicted molar refractivity (Wildman–Crippen MR) is 162 cm³/mol. The number of hydrogen-bond donors (Lipinski definition) is 3. The average molecular weight is 659 g/mol. The molecule has 0 bridgehead atoms. The monoisotopic (exact) mass is 658 g/mol. The van der Waals surface area contributed by atoms with E-state index >= 15 is 0 Å². The highest BCUT2D eigenvalue weighted by Crippen LogP contribution is 2.62. The minimum Gasteiger partial charge on any atom is -0.340 e. The molecule has 1 saturated carbocycles. The van der Waals surface area contributed by atoms with Gasteiger partial charge in [0.15, 0.2) is 0 Å². The van der Waals surface area contributed by atoms with Crippen molar-refractivity contribution in [2.45, 2.75) is 68.7 Å². The summed E-state index contributed by atoms with van der Waals surface area (Å²) in [5.41, 5.74) is -4.10. The van der Waals surface area contributed by atoms with E-state index in [2.05, 4.69) is 17.2 Å². The van der Waals surface area contributed by atoms with Crippen molar-refractivity contribution in [3.63, 3.8) is 0 Å². The zero-order valence-electron chi connectivity index (χ0n) is 24.4. The third-order valence-corrected chi connectivity index (χ3v) is 12.4. The van der Waals surface area contributed by atoms with Crippen LogP contribution in [0.15, 0.2) is 48.8 Å². The van der Waals surface area contributed by atoms with Gasteiger partial charge in [0, 0.05) is 47.7 Å². The van der Waals surface area contributed by atoms with Crippen molar-refractivity contribution < 1.29 is 37.5 Å². The van der Waals surface area contributed by atoms with E-state index in [-0.39, 0.29) is 39.5 Å². The first kappa shape index (κ1) is 30.4. The third-order valence-electron chi connectivity index (χ3n) is 10.3. The molecule has 0 spiro atoms. The van der Waals surface area contributed by atoms with Crippen molar-refractivity contribution in [2.24, 2.45) is 11.3 Å². The number of amides is 3. The lowest BCUT2D eigenvalue weighted by atomic mass is 9.90. The SMILES string of the molecule is C[C@]12CC[C@H](NC(=O)c3cc4cc(C(F)(F)P(=O)(O)O)ccc4s3)C(=O)N3[C@H](CC[C@H]3C(=O)N3CC(c4cccnc4)C3)[C@H]1C2. The van der Waals surface area contributed by atoms with Crippen LogP contribution in [0.2, 0.25) is 0 Å². The number of carbonyl (C=O) groups excluding carboxylic acids is 3. The molecule has 0 radical (unpaired) electrons. The molecule has 10 nitrogen and oxygen atoms in total. The zero-order valence-corrected chi connectivity index (χ0v) is 26.1. The van der Waals surface area contributed by atoms with Crippen LogP contribution in [-0.2, 0) is 19.8 Å². The molecule has 3 saturated heterocycles. The van der Waals surface area contributed by atoms with E-state index < -0.39 is 36.8 Å². The summed E-state index contributed by atoms with van der Waals surface area (Å²) in [6.45, 7) is 3.34. The third kappa shape index (κ3) is 5.17. The van der Waals surface area contributed by atoms with Crippen molar-refractivity contribution in [1.82, 2.24) is 20.1 Å². The fourth-order valence-electron chi connectivity index (χ4n) is 7.47. The van der Waals surface area contributed by atoms with Crippen LogP contribution in [0.25, 0.3) is 10.1 Å². The number of benzene rings is 1. The smallest absolute Gasteiger partial charge is 0.340 e. The maximum atomic E-state index is 14.3. The second-order valence-electron chi connectivity index (χ2n) is 13.1. The van der Waals surface area contributed by atoms with Gasteiger partial charge in [-0.2, -0.15) is 8.78 Å². The molecule has 1 aromatic carbocycles. The molecule has 238 valence electrons. The molecule has 45 heavy (non-hydrogen) atoms. The Hall–Kier alpha value is -3.25. The second-order valence-corrected chi connectivity index (χ2v) is 15.8. The van der Waals surface area contributed by atoms with Crippen molar-refractivity contribution in [2.75, 3.05) is 13.1 Å². The first-order valence-corrected chi connectivity index (χ1v) is 17.5. The summed E-state index contributed by atoms with van der Waals surface area (Å²) >= 11 is 1.04. The number of alkyl halides is 2. The molecule has 3 amide bonds. The Morgan fingerprint density at radius 3 is 2.64 bits per heavy atom. The van der Waals surface area contributed by atoms with Gasteiger partial charge in [-0.25, -0.2) is 0 Å².